The maximum atomic E-state index is 3.97. The molecule has 0 aromatic rings. The Morgan fingerprint density at radius 1 is 1.06 bits per heavy atom. The second-order valence-corrected chi connectivity index (χ2v) is 6.68. The third kappa shape index (κ3) is 1.95. The van der Waals surface area contributed by atoms with Gasteiger partial charge in [-0.2, -0.15) is 0 Å². The molecule has 0 aromatic heterocycles. The highest BCUT2D eigenvalue weighted by atomic mass is 14.9. The maximum Gasteiger partial charge on any atom is 0.0159 e. The quantitative estimate of drug-likeness (QED) is 0.716. The van der Waals surface area contributed by atoms with E-state index in [0.29, 0.717) is 0 Å². The Hall–Kier alpha value is -0.300. The minimum atomic E-state index is 0.993. The lowest BCUT2D eigenvalue weighted by Gasteiger charge is -2.54. The van der Waals surface area contributed by atoms with Gasteiger partial charge in [-0.05, 0) is 75.2 Å². The molecule has 4 aliphatic carbocycles. The summed E-state index contributed by atoms with van der Waals surface area (Å²) in [5, 5.41) is 3.61. The summed E-state index contributed by atoms with van der Waals surface area (Å²) in [4.78, 5) is 0. The van der Waals surface area contributed by atoms with Gasteiger partial charge in [-0.15, -0.1) is 0 Å². The van der Waals surface area contributed by atoms with Crippen LogP contribution in [-0.4, -0.2) is 13.1 Å². The van der Waals surface area contributed by atoms with Gasteiger partial charge in [0.2, 0.25) is 0 Å². The average molecular weight is 219 g/mol. The van der Waals surface area contributed by atoms with Gasteiger partial charge in [-0.25, -0.2) is 0 Å². The molecule has 0 spiro atoms. The van der Waals surface area contributed by atoms with E-state index in [1.807, 2.05) is 0 Å². The molecule has 4 aliphatic rings. The molecule has 0 heterocycles. The first-order valence-corrected chi connectivity index (χ1v) is 7.07. The second-order valence-electron chi connectivity index (χ2n) is 6.68. The SMILES string of the molecule is C=C(C)CNCC1C2CC3CC(C2)CC1C3. The Morgan fingerprint density at radius 3 is 2.12 bits per heavy atom. The van der Waals surface area contributed by atoms with Crippen LogP contribution >= 0.6 is 0 Å². The fourth-order valence-electron chi connectivity index (χ4n) is 4.82. The number of rotatable bonds is 4. The molecule has 0 unspecified atom stereocenters. The van der Waals surface area contributed by atoms with Gasteiger partial charge in [0.25, 0.3) is 0 Å². The highest BCUT2D eigenvalue weighted by Crippen LogP contribution is 2.56. The van der Waals surface area contributed by atoms with E-state index in [9.17, 15) is 0 Å². The molecule has 1 heteroatoms. The van der Waals surface area contributed by atoms with Gasteiger partial charge in [0, 0.05) is 6.54 Å². The lowest BCUT2D eigenvalue weighted by molar-refractivity contribution is -0.0351. The van der Waals surface area contributed by atoms with Crippen molar-refractivity contribution in [2.75, 3.05) is 13.1 Å². The molecule has 0 radical (unpaired) electrons. The molecule has 4 fully saturated rings. The van der Waals surface area contributed by atoms with Gasteiger partial charge >= 0.3 is 0 Å². The Bertz CT molecular complexity index is 253. The topological polar surface area (TPSA) is 12.0 Å². The van der Waals surface area contributed by atoms with Crippen LogP contribution < -0.4 is 5.32 Å². The standard InChI is InChI=1S/C15H25N/c1-10(2)8-16-9-15-13-4-11-3-12(6-13)7-14(15)5-11/h11-16H,1,3-9H2,2H3. The summed E-state index contributed by atoms with van der Waals surface area (Å²) in [6, 6.07) is 0. The number of hydrogen-bond donors (Lipinski definition) is 1. The van der Waals surface area contributed by atoms with Crippen LogP contribution in [0.25, 0.3) is 0 Å². The second kappa shape index (κ2) is 4.18. The molecule has 1 N–H and O–H groups in total. The van der Waals surface area contributed by atoms with Gasteiger partial charge in [0.15, 0.2) is 0 Å². The van der Waals surface area contributed by atoms with Crippen molar-refractivity contribution in [3.63, 3.8) is 0 Å². The van der Waals surface area contributed by atoms with Crippen molar-refractivity contribution in [3.05, 3.63) is 12.2 Å². The molecule has 4 rings (SSSR count). The van der Waals surface area contributed by atoms with Crippen molar-refractivity contribution in [1.82, 2.24) is 5.32 Å². The van der Waals surface area contributed by atoms with Gasteiger partial charge in [0.05, 0.1) is 0 Å². The van der Waals surface area contributed by atoms with Gasteiger partial charge in [-0.3, -0.25) is 0 Å². The van der Waals surface area contributed by atoms with Gasteiger partial charge in [-0.1, -0.05) is 12.2 Å². The summed E-state index contributed by atoms with van der Waals surface area (Å²) >= 11 is 0. The number of nitrogens with one attached hydrogen (secondary N) is 1. The zero-order valence-electron chi connectivity index (χ0n) is 10.5. The molecule has 0 atom stereocenters. The van der Waals surface area contributed by atoms with E-state index < -0.39 is 0 Å². The normalized spacial score (nSPS) is 44.9. The molecule has 0 aliphatic heterocycles. The molecule has 0 aromatic carbocycles. The first-order chi connectivity index (χ1) is 7.72. The fourth-order valence-corrected chi connectivity index (χ4v) is 4.82. The van der Waals surface area contributed by atoms with Crippen LogP contribution in [0.1, 0.15) is 39.0 Å². The Morgan fingerprint density at radius 2 is 1.62 bits per heavy atom. The maximum absolute atomic E-state index is 3.97. The summed E-state index contributed by atoms with van der Waals surface area (Å²) in [6.45, 7) is 8.35. The predicted molar refractivity (Wildman–Crippen MR) is 68.2 cm³/mol. The minimum absolute atomic E-state index is 0.993. The van der Waals surface area contributed by atoms with Crippen molar-refractivity contribution in [2.45, 2.75) is 39.0 Å². The summed E-state index contributed by atoms with van der Waals surface area (Å²) in [5.41, 5.74) is 1.27. The lowest BCUT2D eigenvalue weighted by Crippen LogP contribution is -2.48. The zero-order chi connectivity index (χ0) is 11.1. The van der Waals surface area contributed by atoms with E-state index in [4.69, 9.17) is 0 Å². The van der Waals surface area contributed by atoms with E-state index in [0.717, 1.165) is 36.1 Å². The highest BCUT2D eigenvalue weighted by Gasteiger charge is 2.47. The first-order valence-electron chi connectivity index (χ1n) is 7.07. The summed E-state index contributed by atoms with van der Waals surface area (Å²) in [7, 11) is 0. The molecular formula is C15H25N. The predicted octanol–water partition coefficient (Wildman–Crippen LogP) is 3.22. The Balaban J connectivity index is 1.57. The third-order valence-corrected chi connectivity index (χ3v) is 5.23. The summed E-state index contributed by atoms with van der Waals surface area (Å²) < 4.78 is 0. The van der Waals surface area contributed by atoms with Crippen molar-refractivity contribution >= 4 is 0 Å². The zero-order valence-corrected chi connectivity index (χ0v) is 10.5. The fraction of sp³-hybridized carbons (Fsp3) is 0.867. The lowest BCUT2D eigenvalue weighted by atomic mass is 9.52. The first kappa shape index (κ1) is 10.8. The summed E-state index contributed by atoms with van der Waals surface area (Å²) in [5.74, 6) is 5.34. The van der Waals surface area contributed by atoms with Crippen molar-refractivity contribution < 1.29 is 0 Å². The third-order valence-electron chi connectivity index (χ3n) is 5.23. The Kier molecular flexibility index (Phi) is 2.83. The van der Waals surface area contributed by atoms with Crippen LogP contribution in [0.4, 0.5) is 0 Å². The molecular weight excluding hydrogens is 194 g/mol. The van der Waals surface area contributed by atoms with E-state index in [1.54, 1.807) is 32.1 Å². The van der Waals surface area contributed by atoms with Crippen LogP contribution in [-0.2, 0) is 0 Å². The Labute approximate surface area is 99.7 Å². The van der Waals surface area contributed by atoms with Crippen LogP contribution in [0, 0.1) is 29.6 Å². The molecule has 0 saturated heterocycles. The van der Waals surface area contributed by atoms with Crippen LogP contribution in [0.3, 0.4) is 0 Å². The minimum Gasteiger partial charge on any atom is -0.313 e. The van der Waals surface area contributed by atoms with E-state index in [-0.39, 0.29) is 0 Å². The highest BCUT2D eigenvalue weighted by molar-refractivity contribution is 4.99. The molecule has 16 heavy (non-hydrogen) atoms. The van der Waals surface area contributed by atoms with Gasteiger partial charge < -0.3 is 5.32 Å². The van der Waals surface area contributed by atoms with Crippen molar-refractivity contribution in [2.24, 2.45) is 29.6 Å². The molecule has 4 saturated carbocycles. The number of hydrogen-bond acceptors (Lipinski definition) is 1. The van der Waals surface area contributed by atoms with Crippen molar-refractivity contribution in [3.8, 4) is 0 Å². The van der Waals surface area contributed by atoms with E-state index >= 15 is 0 Å². The average Bonchev–Trinajstić information content (AvgIpc) is 2.20. The summed E-state index contributed by atoms with van der Waals surface area (Å²) in [6.07, 6.45) is 7.76. The van der Waals surface area contributed by atoms with E-state index in [2.05, 4.69) is 18.8 Å². The van der Waals surface area contributed by atoms with Gasteiger partial charge in [0.1, 0.15) is 0 Å². The molecule has 4 bridgehead atoms. The monoisotopic (exact) mass is 219 g/mol. The van der Waals surface area contributed by atoms with Crippen molar-refractivity contribution in [1.29, 1.82) is 0 Å². The van der Waals surface area contributed by atoms with E-state index in [1.165, 1.54) is 12.1 Å². The smallest absolute Gasteiger partial charge is 0.0159 e. The molecule has 1 nitrogen and oxygen atoms in total. The molecule has 90 valence electrons. The largest absolute Gasteiger partial charge is 0.313 e. The van der Waals surface area contributed by atoms with Crippen LogP contribution in [0.15, 0.2) is 12.2 Å². The van der Waals surface area contributed by atoms with Crippen LogP contribution in [0.2, 0.25) is 0 Å². The van der Waals surface area contributed by atoms with Crippen LogP contribution in [0.5, 0.6) is 0 Å². The molecule has 0 amide bonds.